The normalized spacial score (nSPS) is 19.3. The van der Waals surface area contributed by atoms with E-state index in [-0.39, 0.29) is 23.9 Å². The maximum absolute atomic E-state index is 12.5. The molecule has 1 N–H and O–H groups in total. The number of rotatable bonds is 5. The van der Waals surface area contributed by atoms with E-state index in [2.05, 4.69) is 0 Å². The fraction of sp³-hybridized carbons (Fsp3) is 0.467. The van der Waals surface area contributed by atoms with E-state index in [1.807, 2.05) is 0 Å². The summed E-state index contributed by atoms with van der Waals surface area (Å²) < 4.78 is 10.9. The molecule has 6 nitrogen and oxygen atoms in total. The first-order valence-corrected chi connectivity index (χ1v) is 7.87. The molecule has 23 heavy (non-hydrogen) atoms. The third kappa shape index (κ3) is 4.73. The summed E-state index contributed by atoms with van der Waals surface area (Å²) in [4.78, 5) is 24.7. The third-order valence-electron chi connectivity index (χ3n) is 3.42. The lowest BCUT2D eigenvalue weighted by Crippen LogP contribution is -2.50. The Bertz CT molecular complexity index is 595. The molecule has 1 heterocycles. The van der Waals surface area contributed by atoms with Crippen molar-refractivity contribution in [1.82, 2.24) is 4.90 Å². The Kier molecular flexibility index (Phi) is 6.10. The minimum absolute atomic E-state index is 0.140. The number of hydrogen-bond donors (Lipinski definition) is 1. The molecule has 8 heteroatoms. The molecule has 2 atom stereocenters. The first-order chi connectivity index (χ1) is 10.9. The molecule has 0 bridgehead atoms. The van der Waals surface area contributed by atoms with Crippen molar-refractivity contribution in [1.29, 1.82) is 0 Å². The molecule has 1 aromatic carbocycles. The molecule has 126 valence electrons. The van der Waals surface area contributed by atoms with Crippen LogP contribution in [-0.4, -0.2) is 53.8 Å². The molecule has 1 amide bonds. The average Bonchev–Trinajstić information content (AvgIpc) is 2.50. The molecular formula is C15H17Cl2NO5. The van der Waals surface area contributed by atoms with E-state index >= 15 is 0 Å². The highest BCUT2D eigenvalue weighted by atomic mass is 35.5. The summed E-state index contributed by atoms with van der Waals surface area (Å²) in [6.07, 6.45) is -1.42. The second kappa shape index (κ2) is 7.86. The largest absolute Gasteiger partial charge is 0.481 e. The zero-order valence-corrected chi connectivity index (χ0v) is 14.0. The minimum Gasteiger partial charge on any atom is -0.481 e. The van der Waals surface area contributed by atoms with E-state index in [0.29, 0.717) is 23.9 Å². The van der Waals surface area contributed by atoms with E-state index in [0.717, 1.165) is 0 Å². The lowest BCUT2D eigenvalue weighted by atomic mass is 10.2. The second-order valence-electron chi connectivity index (χ2n) is 5.19. The number of morpholine rings is 1. The van der Waals surface area contributed by atoms with E-state index < -0.39 is 18.2 Å². The van der Waals surface area contributed by atoms with Gasteiger partial charge in [-0.3, -0.25) is 9.59 Å². The Morgan fingerprint density at radius 1 is 1.48 bits per heavy atom. The maximum Gasteiger partial charge on any atom is 0.306 e. The Morgan fingerprint density at radius 3 is 2.91 bits per heavy atom. The number of carbonyl (C=O) groups excluding carboxylic acids is 1. The van der Waals surface area contributed by atoms with Gasteiger partial charge < -0.3 is 19.5 Å². The number of ether oxygens (including phenoxy) is 2. The van der Waals surface area contributed by atoms with Crippen molar-refractivity contribution in [3.8, 4) is 5.75 Å². The molecule has 1 fully saturated rings. The predicted octanol–water partition coefficient (Wildman–Crippen LogP) is 2.46. The molecule has 1 aliphatic rings. The molecule has 0 saturated carbocycles. The summed E-state index contributed by atoms with van der Waals surface area (Å²) in [7, 11) is 0. The number of carboxylic acids is 1. The van der Waals surface area contributed by atoms with Crippen LogP contribution < -0.4 is 4.74 Å². The fourth-order valence-corrected chi connectivity index (χ4v) is 2.65. The molecule has 0 aromatic heterocycles. The maximum atomic E-state index is 12.5. The lowest BCUT2D eigenvalue weighted by Gasteiger charge is -2.33. The van der Waals surface area contributed by atoms with Crippen LogP contribution in [0.2, 0.25) is 10.0 Å². The highest BCUT2D eigenvalue weighted by Crippen LogP contribution is 2.32. The zero-order chi connectivity index (χ0) is 17.0. The number of nitrogens with zero attached hydrogens (tertiary/aromatic N) is 1. The van der Waals surface area contributed by atoms with Crippen molar-refractivity contribution in [2.45, 2.75) is 25.6 Å². The van der Waals surface area contributed by atoms with Gasteiger partial charge >= 0.3 is 5.97 Å². The van der Waals surface area contributed by atoms with Gasteiger partial charge in [-0.1, -0.05) is 29.3 Å². The van der Waals surface area contributed by atoms with Crippen molar-refractivity contribution >= 4 is 35.1 Å². The van der Waals surface area contributed by atoms with Gasteiger partial charge in [0.15, 0.2) is 6.10 Å². The number of hydrogen-bond acceptors (Lipinski definition) is 4. The van der Waals surface area contributed by atoms with Crippen LogP contribution in [0.4, 0.5) is 0 Å². The standard InChI is InChI=1S/C15H17Cl2NO5/c1-9(23-12-4-2-3-11(16)14(12)17)15(21)18-5-6-22-10(8-18)7-13(19)20/h2-4,9-10H,5-8H2,1H3,(H,19,20)/t9-,10-/m0/s1. The average molecular weight is 362 g/mol. The topological polar surface area (TPSA) is 76.1 Å². The summed E-state index contributed by atoms with van der Waals surface area (Å²) in [5.41, 5.74) is 0. The molecule has 0 unspecified atom stereocenters. The third-order valence-corrected chi connectivity index (χ3v) is 4.22. The molecule has 0 radical (unpaired) electrons. The van der Waals surface area contributed by atoms with Gasteiger partial charge in [-0.2, -0.15) is 0 Å². The van der Waals surface area contributed by atoms with Gasteiger partial charge in [0.2, 0.25) is 0 Å². The highest BCUT2D eigenvalue weighted by Gasteiger charge is 2.29. The lowest BCUT2D eigenvalue weighted by molar-refractivity contribution is -0.151. The molecule has 1 aromatic rings. The molecule has 0 spiro atoms. The van der Waals surface area contributed by atoms with Crippen molar-refractivity contribution in [2.75, 3.05) is 19.7 Å². The first-order valence-electron chi connectivity index (χ1n) is 7.11. The molecular weight excluding hydrogens is 345 g/mol. The smallest absolute Gasteiger partial charge is 0.306 e. The fourth-order valence-electron chi connectivity index (χ4n) is 2.31. The molecule has 1 saturated heterocycles. The van der Waals surface area contributed by atoms with Crippen LogP contribution in [0.25, 0.3) is 0 Å². The highest BCUT2D eigenvalue weighted by molar-refractivity contribution is 6.42. The van der Waals surface area contributed by atoms with E-state index in [1.54, 1.807) is 30.0 Å². The Morgan fingerprint density at radius 2 is 2.22 bits per heavy atom. The number of carboxylic acid groups (broad SMARTS) is 1. The Balaban J connectivity index is 1.98. The van der Waals surface area contributed by atoms with Gasteiger partial charge in [-0.15, -0.1) is 0 Å². The van der Waals surface area contributed by atoms with Crippen LogP contribution in [0, 0.1) is 0 Å². The molecule has 1 aliphatic heterocycles. The quantitative estimate of drug-likeness (QED) is 0.871. The number of halogens is 2. The summed E-state index contributed by atoms with van der Waals surface area (Å²) >= 11 is 12.0. The Hall–Kier alpha value is -1.50. The van der Waals surface area contributed by atoms with Gasteiger partial charge in [-0.05, 0) is 19.1 Å². The number of carbonyl (C=O) groups is 2. The van der Waals surface area contributed by atoms with Crippen LogP contribution in [0.5, 0.6) is 5.75 Å². The minimum atomic E-state index is -0.959. The van der Waals surface area contributed by atoms with Gasteiger partial charge in [-0.25, -0.2) is 0 Å². The summed E-state index contributed by atoms with van der Waals surface area (Å²) in [6, 6.07) is 4.94. The SMILES string of the molecule is C[C@H](Oc1cccc(Cl)c1Cl)C(=O)N1CCO[C@@H](CC(=O)O)C1. The first kappa shape index (κ1) is 17.8. The Labute approximate surface area is 143 Å². The number of amides is 1. The van der Waals surface area contributed by atoms with Crippen LogP contribution in [0.15, 0.2) is 18.2 Å². The predicted molar refractivity (Wildman–Crippen MR) is 85.1 cm³/mol. The van der Waals surface area contributed by atoms with Gasteiger partial charge in [0.1, 0.15) is 10.8 Å². The second-order valence-corrected chi connectivity index (χ2v) is 5.97. The van der Waals surface area contributed by atoms with Crippen molar-refractivity contribution in [3.63, 3.8) is 0 Å². The zero-order valence-electron chi connectivity index (χ0n) is 12.5. The van der Waals surface area contributed by atoms with Gasteiger partial charge in [0.05, 0.1) is 24.2 Å². The van der Waals surface area contributed by atoms with Gasteiger partial charge in [0, 0.05) is 13.1 Å². The summed E-state index contributed by atoms with van der Waals surface area (Å²) in [6.45, 7) is 2.53. The van der Waals surface area contributed by atoms with Crippen LogP contribution >= 0.6 is 23.2 Å². The van der Waals surface area contributed by atoms with E-state index in [9.17, 15) is 9.59 Å². The van der Waals surface area contributed by atoms with Crippen molar-refractivity contribution < 1.29 is 24.2 Å². The van der Waals surface area contributed by atoms with E-state index in [4.69, 9.17) is 37.8 Å². The van der Waals surface area contributed by atoms with Crippen LogP contribution in [0.3, 0.4) is 0 Å². The van der Waals surface area contributed by atoms with Crippen molar-refractivity contribution in [3.05, 3.63) is 28.2 Å². The molecule has 2 rings (SSSR count). The summed E-state index contributed by atoms with van der Waals surface area (Å²) in [5, 5.41) is 9.41. The molecule has 0 aliphatic carbocycles. The monoisotopic (exact) mass is 361 g/mol. The number of aliphatic carboxylic acids is 1. The number of benzene rings is 1. The van der Waals surface area contributed by atoms with Gasteiger partial charge in [0.25, 0.3) is 5.91 Å². The van der Waals surface area contributed by atoms with Crippen LogP contribution in [-0.2, 0) is 14.3 Å². The summed E-state index contributed by atoms with van der Waals surface area (Å²) in [5.74, 6) is -0.880. The van der Waals surface area contributed by atoms with Crippen molar-refractivity contribution in [2.24, 2.45) is 0 Å². The van der Waals surface area contributed by atoms with E-state index in [1.165, 1.54) is 0 Å². The van der Waals surface area contributed by atoms with Crippen LogP contribution in [0.1, 0.15) is 13.3 Å².